The minimum Gasteiger partial charge on any atom is -0.352 e. The van der Waals surface area contributed by atoms with Crippen molar-refractivity contribution in [2.45, 2.75) is 13.3 Å². The Labute approximate surface area is 99.4 Å². The second-order valence-corrected chi connectivity index (χ2v) is 4.86. The minimum atomic E-state index is 0.000556. The van der Waals surface area contributed by atoms with Gasteiger partial charge in [-0.1, -0.05) is 13.0 Å². The molecule has 1 aliphatic carbocycles. The van der Waals surface area contributed by atoms with Crippen LogP contribution in [0.2, 0.25) is 0 Å². The molecule has 2 unspecified atom stereocenters. The lowest BCUT2D eigenvalue weighted by atomic mass is 10.1. The maximum atomic E-state index is 11.9. The number of rotatable bonds is 3. The number of nitrogens with one attached hydrogen (secondary N) is 2. The van der Waals surface area contributed by atoms with Crippen molar-refractivity contribution in [2.24, 2.45) is 11.8 Å². The Morgan fingerprint density at radius 1 is 1.59 bits per heavy atom. The standard InChI is InChI=1S/C13H15N3O/c1-8-4-11(8)6-14-13(17)9-2-3-10-7-15-16-12(10)5-9/h2-3,5,7-8,11H,4,6H2,1H3,(H,14,17)(H,15,16). The first-order valence-corrected chi connectivity index (χ1v) is 5.95. The van der Waals surface area contributed by atoms with Crippen molar-refractivity contribution in [2.75, 3.05) is 6.54 Å². The topological polar surface area (TPSA) is 57.8 Å². The van der Waals surface area contributed by atoms with Crippen LogP contribution < -0.4 is 5.32 Å². The van der Waals surface area contributed by atoms with Crippen molar-refractivity contribution in [1.29, 1.82) is 0 Å². The first-order valence-electron chi connectivity index (χ1n) is 5.95. The molecule has 4 nitrogen and oxygen atoms in total. The molecule has 1 aliphatic rings. The quantitative estimate of drug-likeness (QED) is 0.845. The summed E-state index contributed by atoms with van der Waals surface area (Å²) in [6, 6.07) is 5.59. The number of amides is 1. The number of carbonyl (C=O) groups is 1. The van der Waals surface area contributed by atoms with E-state index in [0.717, 1.165) is 23.4 Å². The summed E-state index contributed by atoms with van der Waals surface area (Å²) in [4.78, 5) is 11.9. The summed E-state index contributed by atoms with van der Waals surface area (Å²) < 4.78 is 0. The van der Waals surface area contributed by atoms with Gasteiger partial charge >= 0.3 is 0 Å². The molecule has 4 heteroatoms. The molecule has 1 saturated carbocycles. The Bertz CT molecular complexity index is 561. The molecule has 0 spiro atoms. The van der Waals surface area contributed by atoms with E-state index in [-0.39, 0.29) is 5.91 Å². The van der Waals surface area contributed by atoms with Crippen LogP contribution in [0.1, 0.15) is 23.7 Å². The summed E-state index contributed by atoms with van der Waals surface area (Å²) in [7, 11) is 0. The molecule has 3 rings (SSSR count). The van der Waals surface area contributed by atoms with E-state index < -0.39 is 0 Å². The summed E-state index contributed by atoms with van der Waals surface area (Å²) in [5.74, 6) is 1.45. The van der Waals surface area contributed by atoms with Crippen LogP contribution in [-0.2, 0) is 0 Å². The molecule has 0 bridgehead atoms. The Hall–Kier alpha value is -1.84. The third-order valence-corrected chi connectivity index (χ3v) is 3.51. The summed E-state index contributed by atoms with van der Waals surface area (Å²) in [5, 5.41) is 10.8. The van der Waals surface area contributed by atoms with Gasteiger partial charge in [0, 0.05) is 17.5 Å². The number of H-pyrrole nitrogens is 1. The summed E-state index contributed by atoms with van der Waals surface area (Å²) in [6.07, 6.45) is 2.99. The van der Waals surface area contributed by atoms with Gasteiger partial charge in [-0.15, -0.1) is 0 Å². The highest BCUT2D eigenvalue weighted by Gasteiger charge is 2.32. The van der Waals surface area contributed by atoms with E-state index in [9.17, 15) is 4.79 Å². The van der Waals surface area contributed by atoms with Crippen molar-refractivity contribution in [3.8, 4) is 0 Å². The van der Waals surface area contributed by atoms with E-state index in [2.05, 4.69) is 22.4 Å². The molecule has 17 heavy (non-hydrogen) atoms. The highest BCUT2D eigenvalue weighted by atomic mass is 16.1. The van der Waals surface area contributed by atoms with E-state index in [1.807, 2.05) is 18.2 Å². The SMILES string of the molecule is CC1CC1CNC(=O)c1ccc2cn[nH]c2c1. The fraction of sp³-hybridized carbons (Fsp3) is 0.385. The van der Waals surface area contributed by atoms with E-state index in [4.69, 9.17) is 0 Å². The Morgan fingerprint density at radius 2 is 2.41 bits per heavy atom. The molecule has 2 atom stereocenters. The Kier molecular flexibility index (Phi) is 2.35. The van der Waals surface area contributed by atoms with Crippen LogP contribution in [0.25, 0.3) is 10.9 Å². The van der Waals surface area contributed by atoms with Gasteiger partial charge in [0.2, 0.25) is 0 Å². The van der Waals surface area contributed by atoms with Crippen LogP contribution in [0.5, 0.6) is 0 Å². The molecule has 2 N–H and O–H groups in total. The molecular weight excluding hydrogens is 214 g/mol. The van der Waals surface area contributed by atoms with Crippen LogP contribution in [0.3, 0.4) is 0 Å². The van der Waals surface area contributed by atoms with E-state index >= 15 is 0 Å². The molecule has 88 valence electrons. The number of benzene rings is 1. The highest BCUT2D eigenvalue weighted by molar-refractivity contribution is 5.97. The van der Waals surface area contributed by atoms with Crippen LogP contribution >= 0.6 is 0 Å². The second kappa shape index (κ2) is 3.87. The molecule has 1 heterocycles. The first-order chi connectivity index (χ1) is 8.24. The molecule has 0 aliphatic heterocycles. The monoisotopic (exact) mass is 229 g/mol. The Morgan fingerprint density at radius 3 is 3.18 bits per heavy atom. The number of fused-ring (bicyclic) bond motifs is 1. The smallest absolute Gasteiger partial charge is 0.251 e. The van der Waals surface area contributed by atoms with E-state index in [1.54, 1.807) is 6.20 Å². The number of carbonyl (C=O) groups excluding carboxylic acids is 1. The molecule has 0 radical (unpaired) electrons. The van der Waals surface area contributed by atoms with Crippen LogP contribution in [-0.4, -0.2) is 22.6 Å². The van der Waals surface area contributed by atoms with Gasteiger partial charge in [-0.05, 0) is 30.4 Å². The van der Waals surface area contributed by atoms with Gasteiger partial charge in [0.1, 0.15) is 0 Å². The van der Waals surface area contributed by atoms with Crippen LogP contribution in [0, 0.1) is 11.8 Å². The van der Waals surface area contributed by atoms with Crippen molar-refractivity contribution in [3.63, 3.8) is 0 Å². The first kappa shape index (κ1) is 10.3. The number of hydrogen-bond acceptors (Lipinski definition) is 2. The molecule has 0 saturated heterocycles. The fourth-order valence-electron chi connectivity index (χ4n) is 2.09. The average molecular weight is 229 g/mol. The van der Waals surface area contributed by atoms with Gasteiger partial charge in [0.05, 0.1) is 11.7 Å². The lowest BCUT2D eigenvalue weighted by Crippen LogP contribution is -2.25. The second-order valence-electron chi connectivity index (χ2n) is 4.86. The summed E-state index contributed by atoms with van der Waals surface area (Å²) in [6.45, 7) is 3.01. The number of aromatic nitrogens is 2. The maximum Gasteiger partial charge on any atom is 0.251 e. The van der Waals surface area contributed by atoms with Crippen molar-refractivity contribution < 1.29 is 4.79 Å². The predicted molar refractivity (Wildman–Crippen MR) is 65.7 cm³/mol. The molecule has 2 aromatic rings. The normalized spacial score (nSPS) is 22.6. The average Bonchev–Trinajstić information content (AvgIpc) is 2.86. The predicted octanol–water partition coefficient (Wildman–Crippen LogP) is 1.95. The third kappa shape index (κ3) is 2.02. The molecular formula is C13H15N3O. The fourth-order valence-corrected chi connectivity index (χ4v) is 2.09. The van der Waals surface area contributed by atoms with Gasteiger partial charge < -0.3 is 5.32 Å². The zero-order chi connectivity index (χ0) is 11.8. The van der Waals surface area contributed by atoms with Crippen molar-refractivity contribution in [3.05, 3.63) is 30.0 Å². The maximum absolute atomic E-state index is 11.9. The van der Waals surface area contributed by atoms with Gasteiger partial charge in [-0.2, -0.15) is 5.10 Å². The molecule has 1 aromatic heterocycles. The molecule has 1 aromatic carbocycles. The highest BCUT2D eigenvalue weighted by Crippen LogP contribution is 2.36. The van der Waals surface area contributed by atoms with Crippen molar-refractivity contribution >= 4 is 16.8 Å². The number of hydrogen-bond donors (Lipinski definition) is 2. The number of nitrogens with zero attached hydrogens (tertiary/aromatic N) is 1. The Balaban J connectivity index is 1.71. The van der Waals surface area contributed by atoms with Gasteiger partial charge in [0.25, 0.3) is 5.91 Å². The lowest BCUT2D eigenvalue weighted by molar-refractivity contribution is 0.0951. The zero-order valence-corrected chi connectivity index (χ0v) is 9.73. The van der Waals surface area contributed by atoms with E-state index in [1.165, 1.54) is 6.42 Å². The van der Waals surface area contributed by atoms with Crippen molar-refractivity contribution in [1.82, 2.24) is 15.5 Å². The van der Waals surface area contributed by atoms with E-state index in [0.29, 0.717) is 11.5 Å². The van der Waals surface area contributed by atoms with Crippen LogP contribution in [0.15, 0.2) is 24.4 Å². The van der Waals surface area contributed by atoms with Crippen LogP contribution in [0.4, 0.5) is 0 Å². The summed E-state index contributed by atoms with van der Waals surface area (Å²) in [5.41, 5.74) is 1.59. The van der Waals surface area contributed by atoms with Gasteiger partial charge in [-0.25, -0.2) is 0 Å². The summed E-state index contributed by atoms with van der Waals surface area (Å²) >= 11 is 0. The zero-order valence-electron chi connectivity index (χ0n) is 9.73. The molecule has 1 fully saturated rings. The third-order valence-electron chi connectivity index (χ3n) is 3.51. The lowest BCUT2D eigenvalue weighted by Gasteiger charge is -2.04. The largest absolute Gasteiger partial charge is 0.352 e. The number of aromatic amines is 1. The minimum absolute atomic E-state index is 0.000556. The van der Waals surface area contributed by atoms with Gasteiger partial charge in [0.15, 0.2) is 0 Å². The molecule has 1 amide bonds. The van der Waals surface area contributed by atoms with Gasteiger partial charge in [-0.3, -0.25) is 9.89 Å².